The maximum atomic E-state index is 12.5. The maximum absolute atomic E-state index is 12.5. The number of aromatic nitrogens is 4. The van der Waals surface area contributed by atoms with Crippen molar-refractivity contribution in [2.24, 2.45) is 0 Å². The summed E-state index contributed by atoms with van der Waals surface area (Å²) in [6, 6.07) is 11.6. The molecule has 8 nitrogen and oxygen atoms in total. The van der Waals surface area contributed by atoms with E-state index in [-0.39, 0.29) is 17.7 Å². The van der Waals surface area contributed by atoms with Crippen LogP contribution >= 0.6 is 23.4 Å². The molecule has 1 N–H and O–H groups in total. The van der Waals surface area contributed by atoms with E-state index < -0.39 is 0 Å². The molecule has 0 aliphatic carbocycles. The third kappa shape index (κ3) is 5.21. The monoisotopic (exact) mass is 446 g/mol. The van der Waals surface area contributed by atoms with E-state index in [1.54, 1.807) is 10.9 Å². The van der Waals surface area contributed by atoms with Gasteiger partial charge >= 0.3 is 0 Å². The van der Waals surface area contributed by atoms with Gasteiger partial charge in [0, 0.05) is 11.6 Å². The number of carbonyl (C=O) groups excluding carboxylic acids is 1. The van der Waals surface area contributed by atoms with Crippen molar-refractivity contribution in [1.29, 1.82) is 0 Å². The zero-order chi connectivity index (χ0) is 20.8. The fourth-order valence-corrected chi connectivity index (χ4v) is 4.54. The van der Waals surface area contributed by atoms with Gasteiger partial charge in [-0.25, -0.2) is 4.68 Å². The number of benzene rings is 1. The van der Waals surface area contributed by atoms with E-state index in [2.05, 4.69) is 25.7 Å². The number of rotatable bonds is 9. The Bertz CT molecular complexity index is 958. The lowest BCUT2D eigenvalue weighted by Crippen LogP contribution is -2.37. The number of halogens is 1. The lowest BCUT2D eigenvalue weighted by molar-refractivity contribution is -0.118. The van der Waals surface area contributed by atoms with Gasteiger partial charge in [-0.3, -0.25) is 9.69 Å². The van der Waals surface area contributed by atoms with Crippen LogP contribution in [0.1, 0.15) is 30.2 Å². The summed E-state index contributed by atoms with van der Waals surface area (Å²) < 4.78 is 6.95. The predicted octanol–water partition coefficient (Wildman–Crippen LogP) is 3.01. The third-order valence-corrected chi connectivity index (χ3v) is 6.36. The summed E-state index contributed by atoms with van der Waals surface area (Å²) in [4.78, 5) is 14.9. The summed E-state index contributed by atoms with van der Waals surface area (Å²) in [6.45, 7) is 2.97. The molecule has 0 saturated carbocycles. The van der Waals surface area contributed by atoms with E-state index >= 15 is 0 Å². The Hall–Kier alpha value is -2.36. The molecule has 3 heterocycles. The molecule has 1 aromatic carbocycles. The van der Waals surface area contributed by atoms with Gasteiger partial charge in [0.05, 0.1) is 18.1 Å². The minimum absolute atomic E-state index is 0.0659. The molecule has 30 heavy (non-hydrogen) atoms. The van der Waals surface area contributed by atoms with Gasteiger partial charge in [-0.05, 0) is 60.1 Å². The van der Waals surface area contributed by atoms with Crippen molar-refractivity contribution in [2.45, 2.75) is 30.6 Å². The van der Waals surface area contributed by atoms with Crippen LogP contribution in [0.2, 0.25) is 5.02 Å². The molecule has 1 aliphatic rings. The summed E-state index contributed by atoms with van der Waals surface area (Å²) in [6.07, 6.45) is 3.95. The first-order valence-corrected chi connectivity index (χ1v) is 11.2. The molecule has 158 valence electrons. The molecule has 1 aliphatic heterocycles. The van der Waals surface area contributed by atoms with Crippen LogP contribution in [-0.4, -0.2) is 56.4 Å². The molecule has 1 amide bonds. The Morgan fingerprint density at radius 2 is 2.07 bits per heavy atom. The average molecular weight is 447 g/mol. The van der Waals surface area contributed by atoms with Gasteiger partial charge in [-0.2, -0.15) is 0 Å². The highest BCUT2D eigenvalue weighted by Gasteiger charge is 2.25. The quantitative estimate of drug-likeness (QED) is 0.505. The number of furan rings is 1. The summed E-state index contributed by atoms with van der Waals surface area (Å²) in [5, 5.41) is 16.0. The predicted molar refractivity (Wildman–Crippen MR) is 114 cm³/mol. The first-order chi connectivity index (χ1) is 14.7. The molecule has 1 atom stereocenters. The molecule has 1 unspecified atom stereocenters. The number of nitrogens with one attached hydrogen (secondary N) is 1. The molecular formula is C20H23ClN6O2S. The number of amides is 1. The highest BCUT2D eigenvalue weighted by Crippen LogP contribution is 2.29. The minimum Gasteiger partial charge on any atom is -0.467 e. The van der Waals surface area contributed by atoms with Gasteiger partial charge in [0.15, 0.2) is 0 Å². The molecule has 0 bridgehead atoms. The number of hydrogen-bond donors (Lipinski definition) is 1. The minimum atomic E-state index is -0.0659. The van der Waals surface area contributed by atoms with Crippen molar-refractivity contribution in [2.75, 3.05) is 25.4 Å². The smallest absolute Gasteiger partial charge is 0.230 e. The molecule has 2 aromatic heterocycles. The lowest BCUT2D eigenvalue weighted by atomic mass is 10.1. The zero-order valence-corrected chi connectivity index (χ0v) is 18.0. The van der Waals surface area contributed by atoms with Gasteiger partial charge < -0.3 is 9.73 Å². The maximum Gasteiger partial charge on any atom is 0.230 e. The van der Waals surface area contributed by atoms with Gasteiger partial charge in [-0.15, -0.1) is 5.10 Å². The van der Waals surface area contributed by atoms with Crippen molar-refractivity contribution in [1.82, 2.24) is 30.4 Å². The SMILES string of the molecule is O=C(CSc1nnnn1Cc1ccco1)NCC(c1ccccc1Cl)N1CCCC1. The average Bonchev–Trinajstić information content (AvgIpc) is 3.52. The van der Waals surface area contributed by atoms with Crippen LogP contribution in [0.25, 0.3) is 0 Å². The zero-order valence-electron chi connectivity index (χ0n) is 16.4. The number of carbonyl (C=O) groups is 1. The number of tetrazole rings is 1. The number of nitrogens with zero attached hydrogens (tertiary/aromatic N) is 5. The van der Waals surface area contributed by atoms with E-state index in [1.165, 1.54) is 24.6 Å². The summed E-state index contributed by atoms with van der Waals surface area (Å²) >= 11 is 7.74. The van der Waals surface area contributed by atoms with Crippen LogP contribution in [0.4, 0.5) is 0 Å². The Kier molecular flexibility index (Phi) is 7.03. The first-order valence-electron chi connectivity index (χ1n) is 9.87. The second-order valence-corrected chi connectivity index (χ2v) is 8.42. The Morgan fingerprint density at radius 1 is 1.23 bits per heavy atom. The van der Waals surface area contributed by atoms with E-state index in [0.717, 1.165) is 29.4 Å². The standard InChI is InChI=1S/C20H23ClN6O2S/c21-17-8-2-1-7-16(17)18(26-9-3-4-10-26)12-22-19(28)14-30-20-23-24-25-27(20)13-15-6-5-11-29-15/h1-2,5-8,11,18H,3-4,9-10,12-14H2,(H,22,28). The van der Waals surface area contributed by atoms with Gasteiger partial charge in [0.25, 0.3) is 0 Å². The molecular weight excluding hydrogens is 424 g/mol. The van der Waals surface area contributed by atoms with Crippen LogP contribution in [0, 0.1) is 0 Å². The Balaban J connectivity index is 1.33. The van der Waals surface area contributed by atoms with Crippen molar-refractivity contribution in [3.63, 3.8) is 0 Å². The molecule has 0 radical (unpaired) electrons. The molecule has 4 rings (SSSR count). The number of likely N-dealkylation sites (tertiary alicyclic amines) is 1. The first kappa shape index (κ1) is 20.9. The van der Waals surface area contributed by atoms with Crippen LogP contribution < -0.4 is 5.32 Å². The number of hydrogen-bond acceptors (Lipinski definition) is 7. The van der Waals surface area contributed by atoms with Crippen LogP contribution in [0.15, 0.2) is 52.2 Å². The van der Waals surface area contributed by atoms with Crippen molar-refractivity contribution in [3.8, 4) is 0 Å². The second-order valence-electron chi connectivity index (χ2n) is 7.07. The van der Waals surface area contributed by atoms with Crippen LogP contribution in [0.3, 0.4) is 0 Å². The lowest BCUT2D eigenvalue weighted by Gasteiger charge is -2.29. The molecule has 10 heteroatoms. The summed E-state index contributed by atoms with van der Waals surface area (Å²) in [7, 11) is 0. The summed E-state index contributed by atoms with van der Waals surface area (Å²) in [5.41, 5.74) is 1.05. The van der Waals surface area contributed by atoms with Crippen LogP contribution in [-0.2, 0) is 11.3 Å². The van der Waals surface area contributed by atoms with Gasteiger partial charge in [0.1, 0.15) is 12.3 Å². The van der Waals surface area contributed by atoms with E-state index in [0.29, 0.717) is 18.2 Å². The highest BCUT2D eigenvalue weighted by molar-refractivity contribution is 7.99. The third-order valence-electron chi connectivity index (χ3n) is 5.06. The Labute approximate surface area is 183 Å². The van der Waals surface area contributed by atoms with E-state index in [1.807, 2.05) is 36.4 Å². The van der Waals surface area contributed by atoms with Gasteiger partial charge in [0.2, 0.25) is 11.1 Å². The molecule has 1 fully saturated rings. The van der Waals surface area contributed by atoms with E-state index in [9.17, 15) is 4.79 Å². The fraction of sp³-hybridized carbons (Fsp3) is 0.400. The van der Waals surface area contributed by atoms with Crippen molar-refractivity contribution in [3.05, 3.63) is 59.0 Å². The van der Waals surface area contributed by atoms with Crippen molar-refractivity contribution < 1.29 is 9.21 Å². The van der Waals surface area contributed by atoms with Crippen LogP contribution in [0.5, 0.6) is 0 Å². The van der Waals surface area contributed by atoms with Gasteiger partial charge in [-0.1, -0.05) is 41.6 Å². The fourth-order valence-electron chi connectivity index (χ4n) is 3.58. The molecule has 1 saturated heterocycles. The highest BCUT2D eigenvalue weighted by atomic mass is 35.5. The molecule has 0 spiro atoms. The largest absolute Gasteiger partial charge is 0.467 e. The normalized spacial score (nSPS) is 15.4. The van der Waals surface area contributed by atoms with Crippen molar-refractivity contribution >= 4 is 29.3 Å². The van der Waals surface area contributed by atoms with E-state index in [4.69, 9.17) is 16.0 Å². The summed E-state index contributed by atoms with van der Waals surface area (Å²) in [5.74, 6) is 0.916. The Morgan fingerprint density at radius 3 is 2.83 bits per heavy atom. The second kappa shape index (κ2) is 10.1. The number of thioether (sulfide) groups is 1. The molecule has 3 aromatic rings. The topological polar surface area (TPSA) is 89.1 Å².